The van der Waals surface area contributed by atoms with Crippen molar-refractivity contribution in [2.75, 3.05) is 20.8 Å². The summed E-state index contributed by atoms with van der Waals surface area (Å²) in [5.74, 6) is 0.816. The molecule has 1 fully saturated rings. The average molecular weight is 466 g/mol. The predicted molar refractivity (Wildman–Crippen MR) is 118 cm³/mol. The second-order valence-electron chi connectivity index (χ2n) is 8.33. The topological polar surface area (TPSA) is 124 Å². The van der Waals surface area contributed by atoms with Crippen LogP contribution in [-0.2, 0) is 10.0 Å². The number of carbonyl (C=O) groups is 1. The van der Waals surface area contributed by atoms with Crippen molar-refractivity contribution in [1.82, 2.24) is 25.0 Å². The van der Waals surface area contributed by atoms with Crippen LogP contribution in [0.25, 0.3) is 0 Å². The molecule has 176 valence electrons. The Bertz CT molecular complexity index is 1030. The Morgan fingerprint density at radius 3 is 2.53 bits per heavy atom. The Morgan fingerprint density at radius 2 is 1.91 bits per heavy atom. The molecule has 2 N–H and O–H groups in total. The summed E-state index contributed by atoms with van der Waals surface area (Å²) in [5.41, 5.74) is 0.290. The highest BCUT2D eigenvalue weighted by Gasteiger charge is 2.29. The van der Waals surface area contributed by atoms with Gasteiger partial charge in [0.2, 0.25) is 10.0 Å². The SMILES string of the molecule is COc1ccc(OC)c(S(=O)(=O)NC2CCC(n3cc(C(=O)NCC(C)C)nn3)CC2)c1. The van der Waals surface area contributed by atoms with Crippen LogP contribution in [0.3, 0.4) is 0 Å². The zero-order valence-corrected chi connectivity index (χ0v) is 19.7. The lowest BCUT2D eigenvalue weighted by Gasteiger charge is -2.29. The lowest BCUT2D eigenvalue weighted by atomic mass is 9.92. The van der Waals surface area contributed by atoms with Crippen LogP contribution in [0.2, 0.25) is 0 Å². The van der Waals surface area contributed by atoms with Crippen molar-refractivity contribution < 1.29 is 22.7 Å². The minimum Gasteiger partial charge on any atom is -0.497 e. The number of carbonyl (C=O) groups excluding carboxylic acids is 1. The Kier molecular flexibility index (Phi) is 7.73. The molecule has 1 aromatic carbocycles. The van der Waals surface area contributed by atoms with E-state index in [4.69, 9.17) is 9.47 Å². The molecule has 0 saturated heterocycles. The summed E-state index contributed by atoms with van der Waals surface area (Å²) >= 11 is 0. The van der Waals surface area contributed by atoms with Gasteiger partial charge in [-0.1, -0.05) is 19.1 Å². The molecule has 0 spiro atoms. The van der Waals surface area contributed by atoms with E-state index in [0.29, 0.717) is 36.7 Å². The Labute approximate surface area is 188 Å². The molecule has 1 amide bonds. The highest BCUT2D eigenvalue weighted by atomic mass is 32.2. The molecule has 3 rings (SSSR count). The van der Waals surface area contributed by atoms with Crippen LogP contribution >= 0.6 is 0 Å². The first kappa shape index (κ1) is 24.0. The zero-order chi connectivity index (χ0) is 23.3. The number of nitrogens with zero attached hydrogens (tertiary/aromatic N) is 3. The van der Waals surface area contributed by atoms with Gasteiger partial charge >= 0.3 is 0 Å². The van der Waals surface area contributed by atoms with Gasteiger partial charge in [0, 0.05) is 18.7 Å². The lowest BCUT2D eigenvalue weighted by molar-refractivity contribution is 0.0944. The number of aromatic nitrogens is 3. The number of ether oxygens (including phenoxy) is 2. The van der Waals surface area contributed by atoms with Crippen molar-refractivity contribution in [1.29, 1.82) is 0 Å². The highest BCUT2D eigenvalue weighted by Crippen LogP contribution is 2.31. The third-order valence-corrected chi connectivity index (χ3v) is 7.01. The van der Waals surface area contributed by atoms with Crippen LogP contribution < -0.4 is 19.5 Å². The smallest absolute Gasteiger partial charge is 0.273 e. The van der Waals surface area contributed by atoms with Crippen LogP contribution in [0.15, 0.2) is 29.3 Å². The highest BCUT2D eigenvalue weighted by molar-refractivity contribution is 7.89. The number of sulfonamides is 1. The molecule has 0 bridgehead atoms. The minimum absolute atomic E-state index is 0.0507. The summed E-state index contributed by atoms with van der Waals surface area (Å²) in [6.07, 6.45) is 4.39. The monoisotopic (exact) mass is 465 g/mol. The summed E-state index contributed by atoms with van der Waals surface area (Å²) in [7, 11) is -0.866. The minimum atomic E-state index is -3.78. The van der Waals surface area contributed by atoms with Gasteiger partial charge in [-0.15, -0.1) is 5.10 Å². The fourth-order valence-electron chi connectivity index (χ4n) is 3.68. The standard InChI is InChI=1S/C21H31N5O5S/c1-14(2)12-22-21(27)18-13-26(25-23-18)16-7-5-15(6-8-16)24-32(28,29)20-11-17(30-3)9-10-19(20)31-4/h9-11,13-16,24H,5-8,12H2,1-4H3,(H,22,27). The average Bonchev–Trinajstić information content (AvgIpc) is 3.27. The van der Waals surface area contributed by atoms with Crippen LogP contribution in [0, 0.1) is 5.92 Å². The number of amides is 1. The van der Waals surface area contributed by atoms with Crippen LogP contribution in [-0.4, -0.2) is 56.1 Å². The normalized spacial score (nSPS) is 19.0. The molecule has 1 aliphatic rings. The predicted octanol–water partition coefficient (Wildman–Crippen LogP) is 2.14. The third-order valence-electron chi connectivity index (χ3n) is 5.47. The molecule has 1 aliphatic carbocycles. The molecule has 11 heteroatoms. The first-order valence-electron chi connectivity index (χ1n) is 10.7. The maximum absolute atomic E-state index is 13.0. The number of benzene rings is 1. The maximum atomic E-state index is 13.0. The zero-order valence-electron chi connectivity index (χ0n) is 18.9. The molecule has 0 radical (unpaired) electrons. The number of rotatable bonds is 9. The summed E-state index contributed by atoms with van der Waals surface area (Å²) in [6, 6.07) is 4.54. The van der Waals surface area contributed by atoms with Gasteiger partial charge in [-0.05, 0) is 43.7 Å². The van der Waals surface area contributed by atoms with Gasteiger partial charge in [-0.3, -0.25) is 4.79 Å². The van der Waals surface area contributed by atoms with Gasteiger partial charge in [-0.2, -0.15) is 0 Å². The van der Waals surface area contributed by atoms with E-state index < -0.39 is 10.0 Å². The third kappa shape index (κ3) is 5.77. The number of hydrogen-bond acceptors (Lipinski definition) is 7. The van der Waals surface area contributed by atoms with Crippen molar-refractivity contribution in [3.8, 4) is 11.5 Å². The molecule has 1 heterocycles. The quantitative estimate of drug-likeness (QED) is 0.581. The van der Waals surface area contributed by atoms with Gasteiger partial charge in [0.1, 0.15) is 16.4 Å². The van der Waals surface area contributed by atoms with E-state index in [1.54, 1.807) is 23.0 Å². The van der Waals surface area contributed by atoms with E-state index in [1.165, 1.54) is 20.3 Å². The molecule has 1 aromatic heterocycles. The largest absolute Gasteiger partial charge is 0.497 e. The Hall–Kier alpha value is -2.66. The Balaban J connectivity index is 1.60. The molecule has 0 unspecified atom stereocenters. The van der Waals surface area contributed by atoms with Crippen molar-refractivity contribution in [3.63, 3.8) is 0 Å². The first-order chi connectivity index (χ1) is 15.2. The van der Waals surface area contributed by atoms with Gasteiger partial charge in [0.05, 0.1) is 26.5 Å². The van der Waals surface area contributed by atoms with Crippen molar-refractivity contribution in [3.05, 3.63) is 30.1 Å². The second-order valence-corrected chi connectivity index (χ2v) is 10.0. The lowest BCUT2D eigenvalue weighted by Crippen LogP contribution is -2.38. The fraction of sp³-hybridized carbons (Fsp3) is 0.571. The van der Waals surface area contributed by atoms with E-state index in [0.717, 1.165) is 12.8 Å². The fourth-order valence-corrected chi connectivity index (χ4v) is 5.17. The van der Waals surface area contributed by atoms with E-state index in [2.05, 4.69) is 20.4 Å². The summed E-state index contributed by atoms with van der Waals surface area (Å²) in [5, 5.41) is 10.9. The molecule has 0 aliphatic heterocycles. The van der Waals surface area contributed by atoms with E-state index >= 15 is 0 Å². The van der Waals surface area contributed by atoms with Crippen LogP contribution in [0.4, 0.5) is 0 Å². The number of methoxy groups -OCH3 is 2. The van der Waals surface area contributed by atoms with Crippen LogP contribution in [0.5, 0.6) is 11.5 Å². The number of hydrogen-bond donors (Lipinski definition) is 2. The first-order valence-corrected chi connectivity index (χ1v) is 12.2. The summed E-state index contributed by atoms with van der Waals surface area (Å²) in [4.78, 5) is 12.2. The Morgan fingerprint density at radius 1 is 1.19 bits per heavy atom. The van der Waals surface area contributed by atoms with Gasteiger partial charge in [-0.25, -0.2) is 17.8 Å². The van der Waals surface area contributed by atoms with Crippen molar-refractivity contribution >= 4 is 15.9 Å². The molecular weight excluding hydrogens is 434 g/mol. The van der Waals surface area contributed by atoms with Gasteiger partial charge < -0.3 is 14.8 Å². The van der Waals surface area contributed by atoms with Crippen molar-refractivity contribution in [2.45, 2.75) is 56.5 Å². The van der Waals surface area contributed by atoms with Crippen LogP contribution in [0.1, 0.15) is 56.1 Å². The molecule has 10 nitrogen and oxygen atoms in total. The summed E-state index contributed by atoms with van der Waals surface area (Å²) < 4.78 is 40.8. The molecule has 0 atom stereocenters. The van der Waals surface area contributed by atoms with Crippen molar-refractivity contribution in [2.24, 2.45) is 5.92 Å². The number of nitrogens with one attached hydrogen (secondary N) is 2. The maximum Gasteiger partial charge on any atom is 0.273 e. The van der Waals surface area contributed by atoms with E-state index in [-0.39, 0.29) is 28.6 Å². The van der Waals surface area contributed by atoms with E-state index in [9.17, 15) is 13.2 Å². The van der Waals surface area contributed by atoms with Gasteiger partial charge in [0.25, 0.3) is 5.91 Å². The second kappa shape index (κ2) is 10.3. The molecular formula is C21H31N5O5S. The molecule has 1 saturated carbocycles. The summed E-state index contributed by atoms with van der Waals surface area (Å²) in [6.45, 7) is 4.62. The van der Waals surface area contributed by atoms with E-state index in [1.807, 2.05) is 13.8 Å². The molecule has 2 aromatic rings. The molecule has 32 heavy (non-hydrogen) atoms. The van der Waals surface area contributed by atoms with Gasteiger partial charge in [0.15, 0.2) is 5.69 Å².